The van der Waals surface area contributed by atoms with E-state index in [-0.39, 0.29) is 11.9 Å². The van der Waals surface area contributed by atoms with Gasteiger partial charge in [-0.3, -0.25) is 9.69 Å². The van der Waals surface area contributed by atoms with E-state index in [2.05, 4.69) is 36.1 Å². The molecule has 104 valence electrons. The first kappa shape index (κ1) is 14.0. The van der Waals surface area contributed by atoms with Crippen molar-refractivity contribution in [3.63, 3.8) is 0 Å². The molecule has 1 aliphatic heterocycles. The average Bonchev–Trinajstić information content (AvgIpc) is 2.41. The minimum atomic E-state index is -0.386. The Morgan fingerprint density at radius 1 is 1.26 bits per heavy atom. The number of nitrogens with zero attached hydrogens (tertiary/aromatic N) is 2. The number of carbonyl (C=O) groups excluding carboxylic acids is 1. The largest absolute Gasteiger partial charge is 0.339 e. The summed E-state index contributed by atoms with van der Waals surface area (Å²) in [5.74, 6) is 0.0653. The lowest BCUT2D eigenvalue weighted by Crippen LogP contribution is -2.52. The van der Waals surface area contributed by atoms with Gasteiger partial charge in [-0.2, -0.15) is 0 Å². The molecule has 19 heavy (non-hydrogen) atoms. The van der Waals surface area contributed by atoms with E-state index in [1.807, 2.05) is 4.90 Å². The van der Waals surface area contributed by atoms with Crippen LogP contribution >= 0.6 is 0 Å². The molecule has 0 aromatic heterocycles. The fourth-order valence-corrected chi connectivity index (χ4v) is 2.44. The Bertz CT molecular complexity index is 437. The summed E-state index contributed by atoms with van der Waals surface area (Å²) < 4.78 is 0. The van der Waals surface area contributed by atoms with E-state index in [1.54, 1.807) is 6.92 Å². The van der Waals surface area contributed by atoms with Gasteiger partial charge in [0.2, 0.25) is 5.91 Å². The lowest BCUT2D eigenvalue weighted by atomic mass is 10.1. The second-order valence-electron chi connectivity index (χ2n) is 5.32. The summed E-state index contributed by atoms with van der Waals surface area (Å²) in [5.41, 5.74) is 8.34. The van der Waals surface area contributed by atoms with Gasteiger partial charge in [0.15, 0.2) is 0 Å². The van der Waals surface area contributed by atoms with E-state index in [9.17, 15) is 4.79 Å². The second-order valence-corrected chi connectivity index (χ2v) is 5.32. The number of hydrogen-bond acceptors (Lipinski definition) is 3. The third kappa shape index (κ3) is 3.55. The molecule has 1 aromatic carbocycles. The topological polar surface area (TPSA) is 49.6 Å². The maximum Gasteiger partial charge on any atom is 0.239 e. The number of carbonyl (C=O) groups is 1. The van der Waals surface area contributed by atoms with E-state index in [0.717, 1.165) is 32.7 Å². The van der Waals surface area contributed by atoms with Gasteiger partial charge in [0.1, 0.15) is 0 Å². The molecule has 4 nitrogen and oxygen atoms in total. The zero-order valence-corrected chi connectivity index (χ0v) is 11.8. The molecular weight excluding hydrogens is 238 g/mol. The molecule has 0 radical (unpaired) electrons. The molecule has 4 heteroatoms. The molecule has 0 unspecified atom stereocenters. The van der Waals surface area contributed by atoms with Gasteiger partial charge < -0.3 is 10.6 Å². The van der Waals surface area contributed by atoms with Crippen LogP contribution in [0.3, 0.4) is 0 Å². The predicted molar refractivity (Wildman–Crippen MR) is 76.7 cm³/mol. The van der Waals surface area contributed by atoms with Crippen molar-refractivity contribution in [1.29, 1.82) is 0 Å². The fraction of sp³-hybridized carbons (Fsp3) is 0.533. The zero-order valence-electron chi connectivity index (χ0n) is 11.8. The van der Waals surface area contributed by atoms with Gasteiger partial charge >= 0.3 is 0 Å². The van der Waals surface area contributed by atoms with Gasteiger partial charge in [0.25, 0.3) is 0 Å². The Labute approximate surface area is 115 Å². The summed E-state index contributed by atoms with van der Waals surface area (Å²) in [6.45, 7) is 8.28. The van der Waals surface area contributed by atoms with Crippen LogP contribution in [-0.2, 0) is 11.3 Å². The van der Waals surface area contributed by atoms with Crippen LogP contribution in [0.2, 0.25) is 0 Å². The van der Waals surface area contributed by atoms with Gasteiger partial charge in [-0.05, 0) is 25.0 Å². The summed E-state index contributed by atoms with van der Waals surface area (Å²) in [5, 5.41) is 0. The zero-order chi connectivity index (χ0) is 13.8. The highest BCUT2D eigenvalue weighted by molar-refractivity contribution is 5.81. The SMILES string of the molecule is Cc1ccccc1CN1CCN(C(=O)[C@H](C)N)CC1. The summed E-state index contributed by atoms with van der Waals surface area (Å²) in [4.78, 5) is 16.1. The average molecular weight is 261 g/mol. The third-order valence-electron chi connectivity index (χ3n) is 3.73. The number of piperazine rings is 1. The van der Waals surface area contributed by atoms with Crippen LogP contribution in [0.25, 0.3) is 0 Å². The number of benzene rings is 1. The summed E-state index contributed by atoms with van der Waals surface area (Å²) >= 11 is 0. The number of aryl methyl sites for hydroxylation is 1. The van der Waals surface area contributed by atoms with Gasteiger partial charge in [-0.15, -0.1) is 0 Å². The fourth-order valence-electron chi connectivity index (χ4n) is 2.44. The van der Waals surface area contributed by atoms with Crippen LogP contribution in [0.4, 0.5) is 0 Å². The maximum absolute atomic E-state index is 11.8. The molecule has 1 atom stereocenters. The molecule has 1 saturated heterocycles. The van der Waals surface area contributed by atoms with Gasteiger partial charge in [0.05, 0.1) is 6.04 Å². The molecular formula is C15H23N3O. The van der Waals surface area contributed by atoms with E-state index in [4.69, 9.17) is 5.73 Å². The van der Waals surface area contributed by atoms with Crippen molar-refractivity contribution in [2.45, 2.75) is 26.4 Å². The first-order valence-corrected chi connectivity index (χ1v) is 6.89. The Kier molecular flexibility index (Phi) is 4.56. The molecule has 1 heterocycles. The molecule has 2 rings (SSSR count). The Balaban J connectivity index is 1.87. The minimum absolute atomic E-state index is 0.0653. The molecule has 1 fully saturated rings. The Morgan fingerprint density at radius 3 is 2.47 bits per heavy atom. The van der Waals surface area contributed by atoms with Crippen LogP contribution in [0.15, 0.2) is 24.3 Å². The van der Waals surface area contributed by atoms with E-state index in [0.29, 0.717) is 0 Å². The number of hydrogen-bond donors (Lipinski definition) is 1. The van der Waals surface area contributed by atoms with E-state index in [1.165, 1.54) is 11.1 Å². The highest BCUT2D eigenvalue weighted by atomic mass is 16.2. The highest BCUT2D eigenvalue weighted by Crippen LogP contribution is 2.12. The van der Waals surface area contributed by atoms with Crippen molar-refractivity contribution in [1.82, 2.24) is 9.80 Å². The van der Waals surface area contributed by atoms with Crippen molar-refractivity contribution in [3.05, 3.63) is 35.4 Å². The molecule has 1 aromatic rings. The number of nitrogens with two attached hydrogens (primary N) is 1. The predicted octanol–water partition coefficient (Wildman–Crippen LogP) is 0.986. The molecule has 1 aliphatic rings. The van der Waals surface area contributed by atoms with Crippen LogP contribution in [0.1, 0.15) is 18.1 Å². The molecule has 1 amide bonds. The van der Waals surface area contributed by atoms with Crippen LogP contribution in [-0.4, -0.2) is 47.9 Å². The van der Waals surface area contributed by atoms with Gasteiger partial charge in [-0.1, -0.05) is 24.3 Å². The van der Waals surface area contributed by atoms with Crippen LogP contribution in [0.5, 0.6) is 0 Å². The first-order chi connectivity index (χ1) is 9.08. The normalized spacial score (nSPS) is 18.4. The quantitative estimate of drug-likeness (QED) is 0.882. The summed E-state index contributed by atoms with van der Waals surface area (Å²) in [6.07, 6.45) is 0. The van der Waals surface area contributed by atoms with Crippen LogP contribution in [0, 0.1) is 6.92 Å². The maximum atomic E-state index is 11.8. The van der Waals surface area contributed by atoms with Gasteiger partial charge in [-0.25, -0.2) is 0 Å². The minimum Gasteiger partial charge on any atom is -0.339 e. The highest BCUT2D eigenvalue weighted by Gasteiger charge is 2.23. The van der Waals surface area contributed by atoms with Crippen molar-refractivity contribution in [2.75, 3.05) is 26.2 Å². The molecule has 0 spiro atoms. The lowest BCUT2D eigenvalue weighted by Gasteiger charge is -2.35. The Morgan fingerprint density at radius 2 is 1.89 bits per heavy atom. The standard InChI is InChI=1S/C15H23N3O/c1-12-5-3-4-6-14(12)11-17-7-9-18(10-8-17)15(19)13(2)16/h3-6,13H,7-11,16H2,1-2H3/t13-/m0/s1. The first-order valence-electron chi connectivity index (χ1n) is 6.89. The number of amides is 1. The monoisotopic (exact) mass is 261 g/mol. The van der Waals surface area contributed by atoms with Crippen molar-refractivity contribution in [3.8, 4) is 0 Å². The summed E-state index contributed by atoms with van der Waals surface area (Å²) in [6, 6.07) is 8.08. The second kappa shape index (κ2) is 6.17. The number of rotatable bonds is 3. The van der Waals surface area contributed by atoms with Crippen molar-refractivity contribution < 1.29 is 4.79 Å². The van der Waals surface area contributed by atoms with E-state index >= 15 is 0 Å². The summed E-state index contributed by atoms with van der Waals surface area (Å²) in [7, 11) is 0. The smallest absolute Gasteiger partial charge is 0.239 e. The molecule has 0 bridgehead atoms. The van der Waals surface area contributed by atoms with E-state index < -0.39 is 0 Å². The lowest BCUT2D eigenvalue weighted by molar-refractivity contribution is -0.134. The van der Waals surface area contributed by atoms with Crippen molar-refractivity contribution >= 4 is 5.91 Å². The Hall–Kier alpha value is -1.39. The van der Waals surface area contributed by atoms with Crippen molar-refractivity contribution in [2.24, 2.45) is 5.73 Å². The van der Waals surface area contributed by atoms with Gasteiger partial charge in [0, 0.05) is 32.7 Å². The van der Waals surface area contributed by atoms with Crippen LogP contribution < -0.4 is 5.73 Å². The molecule has 0 saturated carbocycles. The molecule has 2 N–H and O–H groups in total. The third-order valence-corrected chi connectivity index (χ3v) is 3.73. The molecule has 0 aliphatic carbocycles.